The summed E-state index contributed by atoms with van der Waals surface area (Å²) in [7, 11) is 0. The van der Waals surface area contributed by atoms with Crippen LogP contribution in [0.5, 0.6) is 17.2 Å². The van der Waals surface area contributed by atoms with Crippen LogP contribution in [0.15, 0.2) is 85.0 Å². The van der Waals surface area contributed by atoms with E-state index in [4.69, 9.17) is 9.47 Å². The van der Waals surface area contributed by atoms with E-state index in [1.54, 1.807) is 36.4 Å². The van der Waals surface area contributed by atoms with Gasteiger partial charge in [0.05, 0.1) is 0 Å². The molecule has 0 aliphatic carbocycles. The van der Waals surface area contributed by atoms with Gasteiger partial charge in [0.15, 0.2) is 0 Å². The molecule has 0 unspecified atom stereocenters. The number of ether oxygens (including phenoxy) is 2. The zero-order valence-electron chi connectivity index (χ0n) is 17.6. The largest absolute Gasteiger partial charge is 0.508 e. The third-order valence-corrected chi connectivity index (χ3v) is 4.52. The van der Waals surface area contributed by atoms with Crippen molar-refractivity contribution in [2.45, 2.75) is 13.8 Å². The molecule has 0 aliphatic heterocycles. The molecular weight excluding hydrogens is 411 g/mol. The Morgan fingerprint density at radius 3 is 1.84 bits per heavy atom. The van der Waals surface area contributed by atoms with Crippen LogP contribution in [0, 0.1) is 5.82 Å². The van der Waals surface area contributed by atoms with Crippen LogP contribution in [0.1, 0.15) is 13.8 Å². The average Bonchev–Trinajstić information content (AvgIpc) is 2.75. The summed E-state index contributed by atoms with van der Waals surface area (Å²) in [6.45, 7) is 10.2. The molecule has 6 heteroatoms. The molecule has 5 nitrogen and oxygen atoms in total. The van der Waals surface area contributed by atoms with E-state index in [0.717, 1.165) is 0 Å². The third-order valence-electron chi connectivity index (χ3n) is 4.52. The van der Waals surface area contributed by atoms with Gasteiger partial charge in [0, 0.05) is 22.3 Å². The maximum Gasteiger partial charge on any atom is 0.338 e. The molecule has 0 bridgehead atoms. The molecule has 0 aliphatic rings. The number of rotatable bonds is 6. The van der Waals surface area contributed by atoms with Gasteiger partial charge in [-0.2, -0.15) is 0 Å². The standard InChI is InChI=1S/C26H21FO5/c1-15(2)25(29)31-20-11-7-18(8-12-20)22-13-23(27)21(17-5-9-19(28)10-6-17)14-24(22)32-26(30)16(3)4/h5-14,28H,1,3H2,2,4H3. The minimum Gasteiger partial charge on any atom is -0.508 e. The van der Waals surface area contributed by atoms with E-state index >= 15 is 4.39 Å². The molecule has 3 aromatic carbocycles. The summed E-state index contributed by atoms with van der Waals surface area (Å²) in [6, 6.07) is 15.0. The van der Waals surface area contributed by atoms with Crippen LogP contribution < -0.4 is 9.47 Å². The lowest BCUT2D eigenvalue weighted by molar-refractivity contribution is -0.130. The molecule has 3 rings (SSSR count). The van der Waals surface area contributed by atoms with Crippen molar-refractivity contribution in [1.82, 2.24) is 0 Å². The number of hydrogen-bond acceptors (Lipinski definition) is 5. The van der Waals surface area contributed by atoms with Crippen LogP contribution in [0.2, 0.25) is 0 Å². The Labute approximate surface area is 185 Å². The molecule has 162 valence electrons. The van der Waals surface area contributed by atoms with Gasteiger partial charge in [0.25, 0.3) is 0 Å². The van der Waals surface area contributed by atoms with Gasteiger partial charge in [-0.1, -0.05) is 37.4 Å². The molecule has 0 aromatic heterocycles. The first kappa shape index (κ1) is 22.5. The van der Waals surface area contributed by atoms with Crippen molar-refractivity contribution < 1.29 is 28.6 Å². The van der Waals surface area contributed by atoms with Crippen molar-refractivity contribution in [3.8, 4) is 39.5 Å². The molecule has 0 radical (unpaired) electrons. The van der Waals surface area contributed by atoms with E-state index in [2.05, 4.69) is 13.2 Å². The Morgan fingerprint density at radius 1 is 0.781 bits per heavy atom. The molecule has 0 amide bonds. The highest BCUT2D eigenvalue weighted by Crippen LogP contribution is 2.37. The van der Waals surface area contributed by atoms with Gasteiger partial charge in [-0.25, -0.2) is 14.0 Å². The van der Waals surface area contributed by atoms with Crippen LogP contribution >= 0.6 is 0 Å². The van der Waals surface area contributed by atoms with Gasteiger partial charge in [-0.3, -0.25) is 0 Å². The lowest BCUT2D eigenvalue weighted by atomic mass is 9.98. The van der Waals surface area contributed by atoms with E-state index in [1.165, 1.54) is 38.1 Å². The van der Waals surface area contributed by atoms with Gasteiger partial charge in [-0.05, 0) is 61.4 Å². The van der Waals surface area contributed by atoms with E-state index in [1.807, 2.05) is 0 Å². The fraction of sp³-hybridized carbons (Fsp3) is 0.0769. The lowest BCUT2D eigenvalue weighted by Gasteiger charge is -2.14. The van der Waals surface area contributed by atoms with E-state index < -0.39 is 17.8 Å². The maximum absolute atomic E-state index is 15.0. The van der Waals surface area contributed by atoms with Gasteiger partial charge < -0.3 is 14.6 Å². The predicted octanol–water partition coefficient (Wildman–Crippen LogP) is 5.83. The first-order valence-corrected chi connectivity index (χ1v) is 9.64. The summed E-state index contributed by atoms with van der Waals surface area (Å²) in [6.07, 6.45) is 0. The molecule has 0 spiro atoms. The topological polar surface area (TPSA) is 72.8 Å². The summed E-state index contributed by atoms with van der Waals surface area (Å²) < 4.78 is 25.7. The number of carbonyl (C=O) groups excluding carboxylic acids is 2. The van der Waals surface area contributed by atoms with Crippen molar-refractivity contribution in [2.75, 3.05) is 0 Å². The second-order valence-electron chi connectivity index (χ2n) is 7.24. The smallest absolute Gasteiger partial charge is 0.338 e. The molecule has 0 atom stereocenters. The number of esters is 2. The second kappa shape index (κ2) is 9.31. The Kier molecular flexibility index (Phi) is 6.54. The number of aromatic hydroxyl groups is 1. The van der Waals surface area contributed by atoms with Crippen molar-refractivity contribution >= 4 is 11.9 Å². The summed E-state index contributed by atoms with van der Waals surface area (Å²) in [5.74, 6) is -1.28. The maximum atomic E-state index is 15.0. The van der Waals surface area contributed by atoms with Crippen molar-refractivity contribution in [1.29, 1.82) is 0 Å². The SMILES string of the molecule is C=C(C)C(=O)Oc1ccc(-c2cc(F)c(-c3ccc(O)cc3)cc2OC(=O)C(=C)C)cc1. The van der Waals surface area contributed by atoms with Crippen LogP contribution in [-0.4, -0.2) is 17.0 Å². The molecular formula is C26H21FO5. The normalized spacial score (nSPS) is 10.3. The molecule has 0 saturated heterocycles. The summed E-state index contributed by atoms with van der Waals surface area (Å²) in [4.78, 5) is 23.9. The summed E-state index contributed by atoms with van der Waals surface area (Å²) in [5, 5.41) is 9.50. The highest BCUT2D eigenvalue weighted by molar-refractivity contribution is 5.91. The Balaban J connectivity index is 2.05. The monoisotopic (exact) mass is 432 g/mol. The Bertz CT molecular complexity index is 1210. The number of phenols is 1. The quantitative estimate of drug-likeness (QED) is 0.301. The lowest BCUT2D eigenvalue weighted by Crippen LogP contribution is -2.09. The molecule has 0 saturated carbocycles. The van der Waals surface area contributed by atoms with Crippen LogP contribution in [-0.2, 0) is 9.59 Å². The number of halogens is 1. The van der Waals surface area contributed by atoms with Gasteiger partial charge in [0.2, 0.25) is 0 Å². The van der Waals surface area contributed by atoms with Crippen molar-refractivity contribution in [3.05, 3.63) is 90.8 Å². The minimum absolute atomic E-state index is 0.0483. The summed E-state index contributed by atoms with van der Waals surface area (Å²) in [5.41, 5.74) is 2.02. The Morgan fingerprint density at radius 2 is 1.28 bits per heavy atom. The zero-order chi connectivity index (χ0) is 23.4. The van der Waals surface area contributed by atoms with Gasteiger partial charge >= 0.3 is 11.9 Å². The number of hydrogen-bond donors (Lipinski definition) is 1. The van der Waals surface area contributed by atoms with Gasteiger partial charge in [-0.15, -0.1) is 0 Å². The first-order valence-electron chi connectivity index (χ1n) is 9.64. The zero-order valence-corrected chi connectivity index (χ0v) is 17.6. The highest BCUT2D eigenvalue weighted by atomic mass is 19.1. The number of benzene rings is 3. The molecule has 32 heavy (non-hydrogen) atoms. The van der Waals surface area contributed by atoms with E-state index in [9.17, 15) is 14.7 Å². The minimum atomic E-state index is -0.651. The number of carbonyl (C=O) groups is 2. The van der Waals surface area contributed by atoms with Crippen molar-refractivity contribution in [2.24, 2.45) is 0 Å². The van der Waals surface area contributed by atoms with Crippen molar-refractivity contribution in [3.63, 3.8) is 0 Å². The molecule has 0 heterocycles. The second-order valence-corrected chi connectivity index (χ2v) is 7.24. The van der Waals surface area contributed by atoms with E-state index in [0.29, 0.717) is 22.4 Å². The van der Waals surface area contributed by atoms with Crippen LogP contribution in [0.4, 0.5) is 4.39 Å². The first-order chi connectivity index (χ1) is 15.2. The van der Waals surface area contributed by atoms with Gasteiger partial charge in [0.1, 0.15) is 23.1 Å². The molecule has 3 aromatic rings. The van der Waals surface area contributed by atoms with E-state index in [-0.39, 0.29) is 28.2 Å². The average molecular weight is 432 g/mol. The Hall–Kier alpha value is -4.19. The molecule has 0 fully saturated rings. The summed E-state index contributed by atoms with van der Waals surface area (Å²) >= 11 is 0. The molecule has 1 N–H and O–H groups in total. The fourth-order valence-electron chi connectivity index (χ4n) is 2.81. The van der Waals surface area contributed by atoms with Crippen LogP contribution in [0.3, 0.4) is 0 Å². The predicted molar refractivity (Wildman–Crippen MR) is 120 cm³/mol. The number of phenolic OH excluding ortho intramolecular Hbond substituents is 1. The van der Waals surface area contributed by atoms with Crippen LogP contribution in [0.25, 0.3) is 22.3 Å². The third kappa shape index (κ3) is 5.10. The highest BCUT2D eigenvalue weighted by Gasteiger charge is 2.18. The fourth-order valence-corrected chi connectivity index (χ4v) is 2.81.